The van der Waals surface area contributed by atoms with Gasteiger partial charge in [-0.2, -0.15) is 0 Å². The van der Waals surface area contributed by atoms with E-state index in [0.29, 0.717) is 53.2 Å². The van der Waals surface area contributed by atoms with E-state index in [1.165, 1.54) is 33.5 Å². The van der Waals surface area contributed by atoms with Gasteiger partial charge in [-0.1, -0.05) is 13.8 Å². The van der Waals surface area contributed by atoms with Gasteiger partial charge >= 0.3 is 0 Å². The number of nitrogens with one attached hydrogen (secondary N) is 1. The first kappa shape index (κ1) is 43.3. The number of nitro benzene ring substituents is 1. The first-order chi connectivity index (χ1) is 27.7. The van der Waals surface area contributed by atoms with Gasteiger partial charge in [0.1, 0.15) is 11.7 Å². The Morgan fingerprint density at radius 2 is 1.42 bits per heavy atom. The summed E-state index contributed by atoms with van der Waals surface area (Å²) in [5.41, 5.74) is 4.83. The van der Waals surface area contributed by atoms with Crippen molar-refractivity contribution in [1.29, 1.82) is 0 Å². The maximum Gasteiger partial charge on any atom is 0.286 e. The van der Waals surface area contributed by atoms with Gasteiger partial charge in [-0.25, -0.2) is 0 Å². The molecule has 17 heteroatoms. The SMILES string of the molecule is CCSC(SCC)[C@@H]1CCCN1C(=O)c1cc(OC)c(OCCCOc2c(OC)cc(C3C=C(c4cc(OC)c(OC)c(OC)c4)NO3)cc2OC)cc1[N+](=O)[O-]. The number of likely N-dealkylation sites (tertiary alicyclic amines) is 1. The fourth-order valence-electron chi connectivity index (χ4n) is 6.75. The largest absolute Gasteiger partial charge is 0.493 e. The highest BCUT2D eigenvalue weighted by atomic mass is 32.2. The molecule has 2 atom stereocenters. The van der Waals surface area contributed by atoms with Crippen molar-refractivity contribution in [3.8, 4) is 46.0 Å². The maximum atomic E-state index is 13.9. The fraction of sp³-hybridized carbons (Fsp3) is 0.475. The number of nitrogens with zero attached hydrogens (tertiary/aromatic N) is 2. The molecule has 0 spiro atoms. The lowest BCUT2D eigenvalue weighted by atomic mass is 10.0. The highest BCUT2D eigenvalue weighted by Gasteiger charge is 2.38. The monoisotopic (exact) mass is 829 g/mol. The molecule has 1 fully saturated rings. The third-order valence-electron chi connectivity index (χ3n) is 9.44. The van der Waals surface area contributed by atoms with Crippen molar-refractivity contribution < 1.29 is 52.5 Å². The van der Waals surface area contributed by atoms with E-state index in [0.717, 1.165) is 35.5 Å². The Bertz CT molecular complexity index is 1860. The number of nitro groups is 1. The molecule has 5 rings (SSSR count). The normalized spacial score (nSPS) is 16.2. The second kappa shape index (κ2) is 20.5. The number of methoxy groups -OCH3 is 6. The summed E-state index contributed by atoms with van der Waals surface area (Å²) < 4.78 is 45.7. The van der Waals surface area contributed by atoms with Gasteiger partial charge in [0.25, 0.3) is 11.6 Å². The molecule has 310 valence electrons. The van der Waals surface area contributed by atoms with Gasteiger partial charge in [-0.15, -0.1) is 23.5 Å². The fourth-order valence-corrected chi connectivity index (χ4v) is 9.62. The molecule has 0 radical (unpaired) electrons. The summed E-state index contributed by atoms with van der Waals surface area (Å²) >= 11 is 3.61. The Kier molecular flexibility index (Phi) is 15.6. The van der Waals surface area contributed by atoms with Crippen LogP contribution in [0.4, 0.5) is 5.69 Å². The topological polar surface area (TPSA) is 159 Å². The smallest absolute Gasteiger partial charge is 0.286 e. The van der Waals surface area contributed by atoms with Crippen LogP contribution in [0.5, 0.6) is 46.0 Å². The zero-order chi connectivity index (χ0) is 41.1. The molecule has 2 heterocycles. The van der Waals surface area contributed by atoms with Crippen molar-refractivity contribution in [1.82, 2.24) is 10.4 Å². The number of hydroxylamine groups is 1. The number of hydrogen-bond donors (Lipinski definition) is 1. The summed E-state index contributed by atoms with van der Waals surface area (Å²) in [5.74, 6) is 4.58. The maximum absolute atomic E-state index is 13.9. The van der Waals surface area contributed by atoms with Crippen molar-refractivity contribution >= 4 is 40.8 Å². The van der Waals surface area contributed by atoms with Crippen molar-refractivity contribution in [2.45, 2.75) is 49.8 Å². The van der Waals surface area contributed by atoms with E-state index in [1.807, 2.05) is 18.2 Å². The molecule has 3 aromatic rings. The predicted molar refractivity (Wildman–Crippen MR) is 220 cm³/mol. The van der Waals surface area contributed by atoms with E-state index in [2.05, 4.69) is 19.3 Å². The molecular formula is C40H51N3O12S2. The summed E-state index contributed by atoms with van der Waals surface area (Å²) in [6, 6.07) is 9.92. The van der Waals surface area contributed by atoms with Crippen molar-refractivity contribution in [2.75, 3.05) is 73.9 Å². The lowest BCUT2D eigenvalue weighted by molar-refractivity contribution is -0.385. The third-order valence-corrected chi connectivity index (χ3v) is 12.2. The number of amides is 1. The van der Waals surface area contributed by atoms with Crippen LogP contribution in [0.25, 0.3) is 5.70 Å². The molecule has 0 bridgehead atoms. The van der Waals surface area contributed by atoms with Gasteiger partial charge in [0.15, 0.2) is 34.5 Å². The Morgan fingerprint density at radius 3 is 1.98 bits per heavy atom. The van der Waals surface area contributed by atoms with Gasteiger partial charge in [0.05, 0.1) is 83.2 Å². The molecule has 3 aromatic carbocycles. The third kappa shape index (κ3) is 9.82. The minimum atomic E-state index is -0.550. The average molecular weight is 830 g/mol. The number of carbonyl (C=O) groups is 1. The quantitative estimate of drug-likeness (QED) is 0.0485. The number of ether oxygens (including phenoxy) is 8. The van der Waals surface area contributed by atoms with Crippen molar-refractivity contribution in [2.24, 2.45) is 0 Å². The van der Waals surface area contributed by atoms with Crippen LogP contribution in [0.15, 0.2) is 42.5 Å². The number of benzene rings is 3. The van der Waals surface area contributed by atoms with E-state index >= 15 is 0 Å². The average Bonchev–Trinajstić information content (AvgIpc) is 3.93. The summed E-state index contributed by atoms with van der Waals surface area (Å²) in [6.45, 7) is 5.07. The number of carbonyl (C=O) groups excluding carboxylic acids is 1. The van der Waals surface area contributed by atoms with Gasteiger partial charge < -0.3 is 42.8 Å². The van der Waals surface area contributed by atoms with Gasteiger partial charge in [-0.3, -0.25) is 25.2 Å². The minimum absolute atomic E-state index is 0.0135. The van der Waals surface area contributed by atoms with Crippen LogP contribution in [0.2, 0.25) is 0 Å². The summed E-state index contributed by atoms with van der Waals surface area (Å²) in [7, 11) is 9.16. The molecule has 0 saturated carbocycles. The molecule has 1 amide bonds. The molecule has 1 unspecified atom stereocenters. The standard InChI is InChI=1S/C40H51N3O12S2/c1-9-56-40(57-10-2)28-13-11-14-42(28)39(44)26-21-31(47-3)32(23-29(26)43(45)46)53-15-12-16-54-38-35(50-6)19-25(20-36(38)51-7)30-22-27(41-55-30)24-17-33(48-4)37(52-8)34(18-24)49-5/h17-23,28,30,40-41H,9-16H2,1-8H3/t28-,30?/m0/s1. The van der Waals surface area contributed by atoms with Crippen LogP contribution >= 0.6 is 23.5 Å². The van der Waals surface area contributed by atoms with E-state index in [4.69, 9.17) is 42.7 Å². The van der Waals surface area contributed by atoms with Crippen LogP contribution < -0.4 is 43.4 Å². The predicted octanol–water partition coefficient (Wildman–Crippen LogP) is 7.55. The number of hydrogen-bond acceptors (Lipinski definition) is 15. The summed E-state index contributed by atoms with van der Waals surface area (Å²) in [6.07, 6.45) is 3.50. The molecule has 1 N–H and O–H groups in total. The summed E-state index contributed by atoms with van der Waals surface area (Å²) in [4.78, 5) is 33.3. The molecule has 2 aliphatic rings. The molecule has 15 nitrogen and oxygen atoms in total. The zero-order valence-corrected chi connectivity index (χ0v) is 35.2. The van der Waals surface area contributed by atoms with Crippen LogP contribution in [-0.4, -0.2) is 100 Å². The minimum Gasteiger partial charge on any atom is -0.493 e. The first-order valence-corrected chi connectivity index (χ1v) is 20.6. The van der Waals surface area contributed by atoms with E-state index in [9.17, 15) is 14.9 Å². The van der Waals surface area contributed by atoms with Crippen LogP contribution in [0.3, 0.4) is 0 Å². The number of thioether (sulfide) groups is 2. The highest BCUT2D eigenvalue weighted by molar-refractivity contribution is 8.17. The first-order valence-electron chi connectivity index (χ1n) is 18.5. The van der Waals surface area contributed by atoms with E-state index in [1.54, 1.807) is 61.9 Å². The van der Waals surface area contributed by atoms with Crippen molar-refractivity contribution in [3.05, 3.63) is 69.3 Å². The highest BCUT2D eigenvalue weighted by Crippen LogP contribution is 2.45. The molecule has 0 aliphatic carbocycles. The zero-order valence-electron chi connectivity index (χ0n) is 33.5. The van der Waals surface area contributed by atoms with E-state index in [-0.39, 0.29) is 52.5 Å². The van der Waals surface area contributed by atoms with Crippen molar-refractivity contribution in [3.63, 3.8) is 0 Å². The molecule has 0 aromatic heterocycles. The Hall–Kier alpha value is -4.87. The molecule has 2 aliphatic heterocycles. The van der Waals surface area contributed by atoms with Gasteiger partial charge in [0.2, 0.25) is 11.5 Å². The number of rotatable bonds is 21. The Balaban J connectivity index is 1.26. The van der Waals surface area contributed by atoms with E-state index < -0.39 is 11.0 Å². The van der Waals surface area contributed by atoms with Crippen LogP contribution in [0.1, 0.15) is 60.7 Å². The molecular weight excluding hydrogens is 779 g/mol. The molecule has 1 saturated heterocycles. The second-order valence-electron chi connectivity index (χ2n) is 12.7. The Labute approximate surface area is 341 Å². The lowest BCUT2D eigenvalue weighted by Crippen LogP contribution is -2.41. The lowest BCUT2D eigenvalue weighted by Gasteiger charge is -2.31. The van der Waals surface area contributed by atoms with Crippen LogP contribution in [0, 0.1) is 10.1 Å². The Morgan fingerprint density at radius 1 is 0.825 bits per heavy atom. The molecule has 57 heavy (non-hydrogen) atoms. The van der Waals surface area contributed by atoms with Crippen LogP contribution in [-0.2, 0) is 4.84 Å². The van der Waals surface area contributed by atoms with Gasteiger partial charge in [-0.05, 0) is 60.3 Å². The van der Waals surface area contributed by atoms with Gasteiger partial charge in [0, 0.05) is 24.6 Å². The second-order valence-corrected chi connectivity index (χ2v) is 15.8. The summed E-state index contributed by atoms with van der Waals surface area (Å²) in [5, 5.41) is 12.3.